The van der Waals surface area contributed by atoms with Crippen LogP contribution in [0.25, 0.3) is 11.2 Å². The van der Waals surface area contributed by atoms with Crippen LogP contribution < -0.4 is 25.1 Å². The molecule has 1 unspecified atom stereocenters. The molecule has 2 amide bonds. The average Bonchev–Trinajstić information content (AvgIpc) is 4.24. The highest BCUT2D eigenvalue weighted by atomic mass is 31.1. The SMILES string of the molecule is COCCO[C@@H]1[C@H](ON(C(C)C)C(C)C)[C@@H](COC(c2ccccc2)(c2ccc(OC)cc2)c2ccc(OC)cc2)O[C@]1(n1cnc2c(=O)[nH]c(NC(=O)C(C)C)nc21)[P+](=O)OCCN(C(=O)c1ccc(OC)cc1)C(C)C. The monoisotopic (exact) mass is 1090 g/mol. The van der Waals surface area contributed by atoms with Gasteiger partial charge in [0.2, 0.25) is 11.9 Å². The van der Waals surface area contributed by atoms with Crippen LogP contribution in [0, 0.1) is 5.92 Å². The van der Waals surface area contributed by atoms with E-state index in [1.807, 2.05) is 120 Å². The molecule has 6 aromatic rings. The van der Waals surface area contributed by atoms with Gasteiger partial charge in [0.05, 0.1) is 41.2 Å². The topological polar surface area (TPSA) is 216 Å². The Balaban J connectivity index is 1.44. The third-order valence-corrected chi connectivity index (χ3v) is 14.9. The number of hydrogen-bond acceptors (Lipinski definition) is 16. The molecule has 1 saturated heterocycles. The highest BCUT2D eigenvalue weighted by Crippen LogP contribution is 2.57. The number of imidazole rings is 1. The molecule has 0 bridgehead atoms. The Hall–Kier alpha value is -6.61. The fourth-order valence-corrected chi connectivity index (χ4v) is 10.8. The molecule has 7 rings (SSSR count). The lowest BCUT2D eigenvalue weighted by Gasteiger charge is -2.38. The summed E-state index contributed by atoms with van der Waals surface area (Å²) >= 11 is 0. The predicted molar refractivity (Wildman–Crippen MR) is 294 cm³/mol. The van der Waals surface area contributed by atoms with Crippen LogP contribution in [0.1, 0.15) is 82.4 Å². The highest BCUT2D eigenvalue weighted by molar-refractivity contribution is 7.40. The molecule has 1 fully saturated rings. The maximum atomic E-state index is 16.1. The van der Waals surface area contributed by atoms with Gasteiger partial charge in [0, 0.05) is 43.3 Å². The lowest BCUT2D eigenvalue weighted by Crippen LogP contribution is -2.51. The van der Waals surface area contributed by atoms with Gasteiger partial charge in [-0.3, -0.25) is 29.5 Å². The van der Waals surface area contributed by atoms with E-state index < -0.39 is 54.8 Å². The van der Waals surface area contributed by atoms with Crippen molar-refractivity contribution in [3.63, 3.8) is 0 Å². The fourth-order valence-electron chi connectivity index (χ4n) is 9.44. The Labute approximate surface area is 456 Å². The predicted octanol–water partition coefficient (Wildman–Crippen LogP) is 8.52. The molecule has 20 nitrogen and oxygen atoms in total. The minimum atomic E-state index is -3.21. The third-order valence-electron chi connectivity index (χ3n) is 13.4. The lowest BCUT2D eigenvalue weighted by atomic mass is 9.80. The number of aromatic amines is 1. The van der Waals surface area contributed by atoms with Crippen molar-refractivity contribution in [2.75, 3.05) is 66.7 Å². The second kappa shape index (κ2) is 26.4. The number of carbonyl (C=O) groups excluding carboxylic acids is 2. The molecule has 2 aromatic heterocycles. The van der Waals surface area contributed by atoms with E-state index in [2.05, 4.69) is 15.3 Å². The summed E-state index contributed by atoms with van der Waals surface area (Å²) in [5.74, 6) is 0.464. The van der Waals surface area contributed by atoms with Crippen LogP contribution in [-0.2, 0) is 48.7 Å². The van der Waals surface area contributed by atoms with Crippen molar-refractivity contribution < 1.29 is 56.7 Å². The third kappa shape index (κ3) is 12.6. The van der Waals surface area contributed by atoms with E-state index in [-0.39, 0.29) is 74.1 Å². The first-order valence-electron chi connectivity index (χ1n) is 26.0. The summed E-state index contributed by atoms with van der Waals surface area (Å²) in [6.07, 6.45) is -2.45. The molecule has 0 aliphatic carbocycles. The van der Waals surface area contributed by atoms with E-state index >= 15 is 4.57 Å². The summed E-state index contributed by atoms with van der Waals surface area (Å²) in [5.41, 5.74) is -2.00. The van der Waals surface area contributed by atoms with Gasteiger partial charge < -0.3 is 38.1 Å². The molecule has 3 heterocycles. The van der Waals surface area contributed by atoms with E-state index in [1.165, 1.54) is 18.0 Å². The maximum absolute atomic E-state index is 16.1. The van der Waals surface area contributed by atoms with Crippen LogP contribution in [-0.4, -0.2) is 139 Å². The molecular formula is C57H73N7O13P+. The van der Waals surface area contributed by atoms with Crippen LogP contribution in [0.3, 0.4) is 0 Å². The number of rotatable bonds is 27. The Bertz CT molecular complexity index is 2940. The molecule has 5 atom stereocenters. The molecular weight excluding hydrogens is 1020 g/mol. The number of hydroxylamine groups is 2. The minimum Gasteiger partial charge on any atom is -0.497 e. The first-order valence-corrected chi connectivity index (χ1v) is 27.2. The van der Waals surface area contributed by atoms with Crippen molar-refractivity contribution in [1.29, 1.82) is 0 Å². The number of anilines is 1. The number of amides is 2. The first kappa shape index (κ1) is 59.1. The molecule has 21 heteroatoms. The number of nitrogens with one attached hydrogen (secondary N) is 2. The first-order chi connectivity index (χ1) is 37.4. The van der Waals surface area contributed by atoms with Crippen molar-refractivity contribution in [2.45, 2.75) is 103 Å². The van der Waals surface area contributed by atoms with Gasteiger partial charge >= 0.3 is 13.5 Å². The van der Waals surface area contributed by atoms with Crippen molar-refractivity contribution in [3.8, 4) is 17.2 Å². The van der Waals surface area contributed by atoms with Gasteiger partial charge in [0.15, 0.2) is 17.3 Å². The van der Waals surface area contributed by atoms with E-state index in [0.29, 0.717) is 22.8 Å². The number of nitrogens with zero attached hydrogens (tertiary/aromatic N) is 5. The van der Waals surface area contributed by atoms with Crippen molar-refractivity contribution in [1.82, 2.24) is 29.5 Å². The Morgan fingerprint density at radius 2 is 1.33 bits per heavy atom. The molecule has 418 valence electrons. The fraction of sp³-hybridized carbons (Fsp3) is 0.456. The van der Waals surface area contributed by atoms with E-state index in [1.54, 1.807) is 69.4 Å². The quantitative estimate of drug-likeness (QED) is 0.0214. The molecule has 2 N–H and O–H groups in total. The summed E-state index contributed by atoms with van der Waals surface area (Å²) in [6.45, 7) is 14.5. The number of aromatic nitrogens is 4. The van der Waals surface area contributed by atoms with E-state index in [4.69, 9.17) is 47.5 Å². The van der Waals surface area contributed by atoms with Gasteiger partial charge in [-0.25, -0.2) is 9.55 Å². The second-order valence-electron chi connectivity index (χ2n) is 19.8. The van der Waals surface area contributed by atoms with Crippen LogP contribution in [0.4, 0.5) is 5.95 Å². The molecule has 0 saturated carbocycles. The number of fused-ring (bicyclic) bond motifs is 1. The van der Waals surface area contributed by atoms with Crippen molar-refractivity contribution >= 4 is 37.0 Å². The second-order valence-corrected chi connectivity index (χ2v) is 21.2. The van der Waals surface area contributed by atoms with Crippen LogP contribution in [0.15, 0.2) is 114 Å². The summed E-state index contributed by atoms with van der Waals surface area (Å²) in [6, 6.07) is 30.9. The van der Waals surface area contributed by atoms with Crippen molar-refractivity contribution in [3.05, 3.63) is 142 Å². The van der Waals surface area contributed by atoms with E-state index in [0.717, 1.165) is 16.7 Å². The smallest absolute Gasteiger partial charge is 0.497 e. The largest absolute Gasteiger partial charge is 0.571 e. The summed E-state index contributed by atoms with van der Waals surface area (Å²) in [4.78, 5) is 61.8. The zero-order valence-corrected chi connectivity index (χ0v) is 47.4. The van der Waals surface area contributed by atoms with Gasteiger partial charge in [-0.2, -0.15) is 10.0 Å². The van der Waals surface area contributed by atoms with Crippen LogP contribution >= 0.6 is 8.03 Å². The van der Waals surface area contributed by atoms with Gasteiger partial charge in [0.1, 0.15) is 48.0 Å². The van der Waals surface area contributed by atoms with Gasteiger partial charge in [-0.05, 0) is 111 Å². The van der Waals surface area contributed by atoms with Gasteiger partial charge in [-0.1, -0.05) is 68.4 Å². The Morgan fingerprint density at radius 3 is 1.86 bits per heavy atom. The van der Waals surface area contributed by atoms with Crippen molar-refractivity contribution in [2.24, 2.45) is 5.92 Å². The number of methoxy groups -OCH3 is 4. The van der Waals surface area contributed by atoms with Crippen LogP contribution in [0.2, 0.25) is 0 Å². The zero-order valence-electron chi connectivity index (χ0n) is 46.5. The molecule has 1 aliphatic rings. The molecule has 4 aromatic carbocycles. The number of benzene rings is 4. The number of H-pyrrole nitrogens is 1. The van der Waals surface area contributed by atoms with Gasteiger partial charge in [-0.15, -0.1) is 4.52 Å². The normalized spacial score (nSPS) is 17.9. The van der Waals surface area contributed by atoms with Crippen LogP contribution in [0.5, 0.6) is 17.2 Å². The molecule has 0 radical (unpaired) electrons. The summed E-state index contributed by atoms with van der Waals surface area (Å²) in [7, 11) is 3.06. The number of ether oxygens (including phenoxy) is 7. The van der Waals surface area contributed by atoms with E-state index in [9.17, 15) is 14.4 Å². The summed E-state index contributed by atoms with van der Waals surface area (Å²) < 4.78 is 67.8. The Morgan fingerprint density at radius 1 is 0.769 bits per heavy atom. The average molecular weight is 1100 g/mol. The highest BCUT2D eigenvalue weighted by Gasteiger charge is 2.73. The Kier molecular flexibility index (Phi) is 20.0. The standard InChI is InChI=1S/C57H72N7O13P/c1-36(2)52(65)60-55-59-51-48(53(66)61-55)58-35-63(51)57(78(68)75-31-30-62(37(3)4)54(67)40-18-24-44(70-10)25-19-40)50(73-33-32-69-9)49(77-64(38(5)6)39(7)8)47(76-57)34-74-56(41-16-14-13-15-17-41,42-20-26-45(71-11)27-21-42)43-22-28-46(72-12)29-23-43/h13-29,35-39,47,49-50H,30-34H2,1-12H3,(H-,59,60,61,65,66)/p+1/t47-,49-,50-,57+/m1/s1. The number of hydrogen-bond donors (Lipinski definition) is 2. The summed E-state index contributed by atoms with van der Waals surface area (Å²) in [5, 5.41) is 4.48. The van der Waals surface area contributed by atoms with Gasteiger partial charge in [0.25, 0.3) is 11.5 Å². The maximum Gasteiger partial charge on any atom is 0.571 e. The zero-order chi connectivity index (χ0) is 56.3. The molecule has 1 aliphatic heterocycles. The minimum absolute atomic E-state index is 0.00683. The molecule has 0 spiro atoms. The lowest BCUT2D eigenvalue weighted by molar-refractivity contribution is -0.263. The molecule has 78 heavy (non-hydrogen) atoms. The number of carbonyl (C=O) groups is 2.